The molecule has 0 N–H and O–H groups in total. The molecule has 2 rings (SSSR count). The third-order valence-electron chi connectivity index (χ3n) is 2.94. The average Bonchev–Trinajstić information content (AvgIpc) is 3.04. The van der Waals surface area contributed by atoms with Gasteiger partial charge in [0.1, 0.15) is 6.54 Å². The Labute approximate surface area is 122 Å². The minimum Gasteiger partial charge on any atom is -0.464 e. The van der Waals surface area contributed by atoms with Crippen molar-refractivity contribution in [1.82, 2.24) is 25.1 Å². The van der Waals surface area contributed by atoms with E-state index in [2.05, 4.69) is 39.0 Å². The smallest absolute Gasteiger partial charge is 0.360 e. The molecule has 0 atom stereocenters. The number of methoxy groups -OCH3 is 1. The van der Waals surface area contributed by atoms with Crippen LogP contribution in [0.1, 0.15) is 48.7 Å². The summed E-state index contributed by atoms with van der Waals surface area (Å²) in [6.45, 7) is 6.38. The summed E-state index contributed by atoms with van der Waals surface area (Å²) in [5.41, 5.74) is 0.910. The van der Waals surface area contributed by atoms with Crippen LogP contribution in [0.25, 0.3) is 0 Å². The number of carbonyl (C=O) groups excluding carboxylic acids is 1. The number of carbonyl (C=O) groups is 1. The molecule has 2 heterocycles. The molecule has 2 aromatic heterocycles. The van der Waals surface area contributed by atoms with E-state index in [1.807, 2.05) is 6.92 Å². The summed E-state index contributed by atoms with van der Waals surface area (Å²) in [6.07, 6.45) is 1.36. The van der Waals surface area contributed by atoms with Crippen molar-refractivity contribution in [2.24, 2.45) is 5.92 Å². The van der Waals surface area contributed by atoms with Gasteiger partial charge in [-0.15, -0.1) is 5.10 Å². The Kier molecular flexibility index (Phi) is 4.66. The van der Waals surface area contributed by atoms with E-state index in [4.69, 9.17) is 4.52 Å². The van der Waals surface area contributed by atoms with Gasteiger partial charge < -0.3 is 9.26 Å². The fraction of sp³-hybridized carbons (Fsp3) is 0.615. The molecule has 0 spiro atoms. The van der Waals surface area contributed by atoms with Crippen molar-refractivity contribution in [3.05, 3.63) is 23.1 Å². The highest BCUT2D eigenvalue weighted by molar-refractivity contribution is 5.88. The molecule has 0 saturated heterocycles. The molecule has 114 valence electrons. The Morgan fingerprint density at radius 1 is 1.43 bits per heavy atom. The lowest BCUT2D eigenvalue weighted by atomic mass is 10.1. The van der Waals surface area contributed by atoms with E-state index in [9.17, 15) is 4.79 Å². The minimum atomic E-state index is -0.496. The van der Waals surface area contributed by atoms with Gasteiger partial charge >= 0.3 is 5.97 Å². The van der Waals surface area contributed by atoms with E-state index in [-0.39, 0.29) is 12.2 Å². The number of aromatic nitrogens is 5. The number of hydrogen-bond acceptors (Lipinski definition) is 7. The molecule has 0 saturated carbocycles. The third-order valence-corrected chi connectivity index (χ3v) is 2.94. The first-order valence-electron chi connectivity index (χ1n) is 6.87. The van der Waals surface area contributed by atoms with Gasteiger partial charge in [-0.05, 0) is 12.3 Å². The molecule has 0 radical (unpaired) electrons. The van der Waals surface area contributed by atoms with Crippen LogP contribution in [0, 0.1) is 5.92 Å². The molecule has 21 heavy (non-hydrogen) atoms. The lowest BCUT2D eigenvalue weighted by Crippen LogP contribution is -2.10. The van der Waals surface area contributed by atoms with Crippen molar-refractivity contribution < 1.29 is 14.1 Å². The molecular formula is C13H19N5O3. The second kappa shape index (κ2) is 6.47. The van der Waals surface area contributed by atoms with Crippen LogP contribution in [0.5, 0.6) is 0 Å². The maximum absolute atomic E-state index is 11.6. The van der Waals surface area contributed by atoms with Gasteiger partial charge in [-0.1, -0.05) is 31.1 Å². The van der Waals surface area contributed by atoms with Gasteiger partial charge in [0.25, 0.3) is 0 Å². The van der Waals surface area contributed by atoms with Crippen molar-refractivity contribution in [2.75, 3.05) is 7.11 Å². The van der Waals surface area contributed by atoms with Crippen molar-refractivity contribution in [3.63, 3.8) is 0 Å². The third kappa shape index (κ3) is 3.45. The van der Waals surface area contributed by atoms with Crippen LogP contribution in [0.2, 0.25) is 0 Å². The fourth-order valence-electron chi connectivity index (χ4n) is 2.00. The molecule has 0 aliphatic rings. The molecule has 0 bridgehead atoms. The highest BCUT2D eigenvalue weighted by Gasteiger charge is 2.20. The van der Waals surface area contributed by atoms with Gasteiger partial charge in [0.2, 0.25) is 5.89 Å². The van der Waals surface area contributed by atoms with E-state index in [0.29, 0.717) is 29.7 Å². The van der Waals surface area contributed by atoms with E-state index in [0.717, 1.165) is 6.42 Å². The molecule has 0 aliphatic heterocycles. The zero-order chi connectivity index (χ0) is 15.4. The predicted octanol–water partition coefficient (Wildman–Crippen LogP) is 1.26. The molecule has 0 amide bonds. The lowest BCUT2D eigenvalue weighted by Gasteiger charge is -2.02. The SMILES string of the molecule is CCc1c(C(=O)OC)nnn1Cc1nc(CC(C)C)no1. The van der Waals surface area contributed by atoms with E-state index in [1.165, 1.54) is 7.11 Å². The Bertz CT molecular complexity index is 617. The van der Waals surface area contributed by atoms with Gasteiger partial charge in [0, 0.05) is 6.42 Å². The zero-order valence-corrected chi connectivity index (χ0v) is 12.7. The maximum atomic E-state index is 11.6. The van der Waals surface area contributed by atoms with Gasteiger partial charge in [-0.2, -0.15) is 4.98 Å². The van der Waals surface area contributed by atoms with E-state index in [1.54, 1.807) is 4.68 Å². The van der Waals surface area contributed by atoms with E-state index >= 15 is 0 Å². The van der Waals surface area contributed by atoms with Crippen LogP contribution in [-0.2, 0) is 24.1 Å². The molecule has 8 nitrogen and oxygen atoms in total. The normalized spacial score (nSPS) is 11.1. The topological polar surface area (TPSA) is 95.9 Å². The van der Waals surface area contributed by atoms with Crippen molar-refractivity contribution in [2.45, 2.75) is 40.2 Å². The van der Waals surface area contributed by atoms with Gasteiger partial charge in [0.05, 0.1) is 12.8 Å². The van der Waals surface area contributed by atoms with Gasteiger partial charge in [-0.3, -0.25) is 0 Å². The Hall–Kier alpha value is -2.25. The van der Waals surface area contributed by atoms with Crippen LogP contribution in [0.15, 0.2) is 4.52 Å². The fourth-order valence-corrected chi connectivity index (χ4v) is 2.00. The maximum Gasteiger partial charge on any atom is 0.360 e. The van der Waals surface area contributed by atoms with Crippen LogP contribution in [-0.4, -0.2) is 38.2 Å². The highest BCUT2D eigenvalue weighted by Crippen LogP contribution is 2.11. The molecule has 0 aromatic carbocycles. The monoisotopic (exact) mass is 293 g/mol. The lowest BCUT2D eigenvalue weighted by molar-refractivity contribution is 0.0592. The van der Waals surface area contributed by atoms with Gasteiger partial charge in [0.15, 0.2) is 11.5 Å². The van der Waals surface area contributed by atoms with Crippen molar-refractivity contribution >= 4 is 5.97 Å². The highest BCUT2D eigenvalue weighted by atomic mass is 16.5. The number of rotatable bonds is 6. The summed E-state index contributed by atoms with van der Waals surface area (Å²) in [7, 11) is 1.32. The molecule has 0 aliphatic carbocycles. The first kappa shape index (κ1) is 15.1. The first-order chi connectivity index (χ1) is 10.0. The molecule has 2 aromatic rings. The Balaban J connectivity index is 2.18. The number of hydrogen-bond donors (Lipinski definition) is 0. The predicted molar refractivity (Wildman–Crippen MR) is 72.7 cm³/mol. The van der Waals surface area contributed by atoms with Gasteiger partial charge in [-0.25, -0.2) is 9.48 Å². The summed E-state index contributed by atoms with van der Waals surface area (Å²) in [5, 5.41) is 11.7. The number of nitrogens with zero attached hydrogens (tertiary/aromatic N) is 5. The van der Waals surface area contributed by atoms with Crippen molar-refractivity contribution in [3.8, 4) is 0 Å². The van der Waals surface area contributed by atoms with Crippen LogP contribution in [0.3, 0.4) is 0 Å². The zero-order valence-electron chi connectivity index (χ0n) is 12.7. The quantitative estimate of drug-likeness (QED) is 0.739. The summed E-state index contributed by atoms with van der Waals surface area (Å²) in [6, 6.07) is 0. The number of ether oxygens (including phenoxy) is 1. The van der Waals surface area contributed by atoms with E-state index < -0.39 is 5.97 Å². The van der Waals surface area contributed by atoms with Crippen LogP contribution < -0.4 is 0 Å². The summed E-state index contributed by atoms with van der Waals surface area (Å²) >= 11 is 0. The average molecular weight is 293 g/mol. The Morgan fingerprint density at radius 2 is 2.19 bits per heavy atom. The Morgan fingerprint density at radius 3 is 2.81 bits per heavy atom. The molecule has 0 fully saturated rings. The van der Waals surface area contributed by atoms with Crippen LogP contribution >= 0.6 is 0 Å². The van der Waals surface area contributed by atoms with Crippen molar-refractivity contribution in [1.29, 1.82) is 0 Å². The second-order valence-electron chi connectivity index (χ2n) is 5.09. The summed E-state index contributed by atoms with van der Waals surface area (Å²) in [4.78, 5) is 15.9. The minimum absolute atomic E-state index is 0.224. The standard InChI is InChI=1S/C13H19N5O3/c1-5-9-12(13(19)20-4)15-17-18(9)7-11-14-10(16-21-11)6-8(2)3/h8H,5-7H2,1-4H3. The summed E-state index contributed by atoms with van der Waals surface area (Å²) in [5.74, 6) is 1.08. The van der Waals surface area contributed by atoms with Crippen LogP contribution in [0.4, 0.5) is 0 Å². The second-order valence-corrected chi connectivity index (χ2v) is 5.09. The molecular weight excluding hydrogens is 274 g/mol. The molecule has 0 unspecified atom stereocenters. The summed E-state index contributed by atoms with van der Waals surface area (Å²) < 4.78 is 11.5. The first-order valence-corrected chi connectivity index (χ1v) is 6.87. The molecule has 8 heteroatoms. The largest absolute Gasteiger partial charge is 0.464 e. The number of esters is 1.